The molecule has 0 saturated carbocycles. The van der Waals surface area contributed by atoms with Crippen LogP contribution < -0.4 is 0 Å². The molecule has 0 N–H and O–H groups in total. The number of aromatic nitrogens is 3. The van der Waals surface area contributed by atoms with E-state index in [1.807, 2.05) is 27.7 Å². The van der Waals surface area contributed by atoms with Gasteiger partial charge in [-0.25, -0.2) is 4.68 Å². The summed E-state index contributed by atoms with van der Waals surface area (Å²) in [6.07, 6.45) is 1.56. The normalized spacial score (nSPS) is 37.2. The predicted molar refractivity (Wildman–Crippen MR) is 67.8 cm³/mol. The van der Waals surface area contributed by atoms with Crippen molar-refractivity contribution in [3.05, 3.63) is 11.9 Å². The van der Waals surface area contributed by atoms with Gasteiger partial charge in [-0.1, -0.05) is 5.21 Å². The first kappa shape index (κ1) is 11.8. The summed E-state index contributed by atoms with van der Waals surface area (Å²) in [5.41, 5.74) is 0.0760. The molecule has 1 saturated heterocycles. The number of rotatable bonds is 5. The van der Waals surface area contributed by atoms with Gasteiger partial charge in [-0.3, -0.25) is 0 Å². The van der Waals surface area contributed by atoms with E-state index in [1.165, 1.54) is 0 Å². The SMILES string of the molecule is [3H][C@@H]1O[C@]2(COC(C)C)c3cnnn3[C@H]1C2OC(C)C. The molecule has 2 aliphatic heterocycles. The van der Waals surface area contributed by atoms with Crippen molar-refractivity contribution >= 4 is 0 Å². The van der Waals surface area contributed by atoms with Crippen molar-refractivity contribution < 1.29 is 15.6 Å². The van der Waals surface area contributed by atoms with Crippen LogP contribution in [0.25, 0.3) is 0 Å². The van der Waals surface area contributed by atoms with Gasteiger partial charge in [0.1, 0.15) is 12.1 Å². The molecule has 3 heterocycles. The predicted octanol–water partition coefficient (Wildman–Crippen LogP) is 1.28. The molecule has 106 valence electrons. The second-order valence-electron chi connectivity index (χ2n) is 5.66. The third-order valence-electron chi connectivity index (χ3n) is 3.53. The molecule has 1 unspecified atom stereocenters. The number of hydrogen-bond donors (Lipinski definition) is 0. The maximum atomic E-state index is 8.13. The van der Waals surface area contributed by atoms with Gasteiger partial charge in [0.15, 0.2) is 5.60 Å². The summed E-state index contributed by atoms with van der Waals surface area (Å²) in [5.74, 6) is 0. The molecule has 3 rings (SSSR count). The molecule has 0 amide bonds. The summed E-state index contributed by atoms with van der Waals surface area (Å²) in [6, 6.07) is -0.259. The summed E-state index contributed by atoms with van der Waals surface area (Å²) >= 11 is 0. The number of hydrogen-bond acceptors (Lipinski definition) is 5. The fourth-order valence-electron chi connectivity index (χ4n) is 2.73. The van der Waals surface area contributed by atoms with Gasteiger partial charge in [0.05, 0.1) is 38.7 Å². The maximum absolute atomic E-state index is 8.13. The lowest BCUT2D eigenvalue weighted by Crippen LogP contribution is -2.42. The van der Waals surface area contributed by atoms with Crippen LogP contribution in [-0.2, 0) is 19.8 Å². The first-order valence-corrected chi connectivity index (χ1v) is 6.73. The van der Waals surface area contributed by atoms with Gasteiger partial charge < -0.3 is 14.2 Å². The molecule has 0 radical (unpaired) electrons. The van der Waals surface area contributed by atoms with Gasteiger partial charge in [0.2, 0.25) is 0 Å². The molecule has 2 bridgehead atoms. The summed E-state index contributed by atoms with van der Waals surface area (Å²) in [4.78, 5) is 0. The molecule has 19 heavy (non-hydrogen) atoms. The fraction of sp³-hybridized carbons (Fsp3) is 0.846. The lowest BCUT2D eigenvalue weighted by molar-refractivity contribution is -0.147. The third-order valence-corrected chi connectivity index (χ3v) is 3.53. The Balaban J connectivity index is 1.97. The van der Waals surface area contributed by atoms with Crippen LogP contribution in [0.15, 0.2) is 6.20 Å². The Hall–Kier alpha value is -0.980. The first-order chi connectivity index (χ1) is 9.45. The van der Waals surface area contributed by atoms with Crippen LogP contribution in [0, 0.1) is 0 Å². The summed E-state index contributed by atoms with van der Waals surface area (Å²) in [7, 11) is 0. The Bertz CT molecular complexity index is 493. The highest BCUT2D eigenvalue weighted by Gasteiger charge is 2.61. The summed E-state index contributed by atoms with van der Waals surface area (Å²) in [5, 5.41) is 8.03. The molecular formula is C13H21N3O3. The van der Waals surface area contributed by atoms with Crippen LogP contribution in [0.5, 0.6) is 0 Å². The molecule has 6 heteroatoms. The lowest BCUT2D eigenvalue weighted by Gasteiger charge is -2.31. The zero-order valence-electron chi connectivity index (χ0n) is 12.7. The van der Waals surface area contributed by atoms with E-state index in [2.05, 4.69) is 10.3 Å². The topological polar surface area (TPSA) is 58.4 Å². The maximum Gasteiger partial charge on any atom is 0.163 e. The highest BCUT2D eigenvalue weighted by molar-refractivity contribution is 5.24. The zero-order chi connectivity index (χ0) is 14.5. The molecule has 0 aromatic carbocycles. The zero-order valence-corrected chi connectivity index (χ0v) is 11.7. The minimum absolute atomic E-state index is 0.0485. The molecule has 2 aliphatic rings. The second kappa shape index (κ2) is 4.54. The monoisotopic (exact) mass is 269 g/mol. The smallest absolute Gasteiger partial charge is 0.163 e. The largest absolute Gasteiger partial charge is 0.375 e. The quantitative estimate of drug-likeness (QED) is 0.806. The van der Waals surface area contributed by atoms with E-state index >= 15 is 0 Å². The Morgan fingerprint density at radius 3 is 3.00 bits per heavy atom. The van der Waals surface area contributed by atoms with Gasteiger partial charge >= 0.3 is 0 Å². The van der Waals surface area contributed by atoms with Crippen molar-refractivity contribution in [1.29, 1.82) is 0 Å². The molecule has 6 nitrogen and oxygen atoms in total. The highest BCUT2D eigenvalue weighted by atomic mass is 16.6. The van der Waals surface area contributed by atoms with Crippen molar-refractivity contribution in [1.82, 2.24) is 15.0 Å². The summed E-state index contributed by atoms with van der Waals surface area (Å²) in [6.45, 7) is 7.56. The minimum atomic E-state index is -0.769. The van der Waals surface area contributed by atoms with Crippen LogP contribution >= 0.6 is 0 Å². The minimum Gasteiger partial charge on any atom is -0.375 e. The molecule has 1 aromatic rings. The molecule has 1 aromatic heterocycles. The van der Waals surface area contributed by atoms with Crippen molar-refractivity contribution in [2.45, 2.75) is 57.6 Å². The van der Waals surface area contributed by atoms with Crippen LogP contribution in [0.2, 0.25) is 0 Å². The van der Waals surface area contributed by atoms with E-state index in [0.29, 0.717) is 6.61 Å². The second-order valence-corrected chi connectivity index (χ2v) is 5.66. The summed E-state index contributed by atoms with van der Waals surface area (Å²) < 4.78 is 27.6. The van der Waals surface area contributed by atoms with Gasteiger partial charge in [0, 0.05) is 0 Å². The van der Waals surface area contributed by atoms with E-state index in [9.17, 15) is 0 Å². The molecular weight excluding hydrogens is 246 g/mol. The average molecular weight is 269 g/mol. The van der Waals surface area contributed by atoms with E-state index in [4.69, 9.17) is 15.6 Å². The standard InChI is InChI=1S/C13H21N3O3/c1-8(2)17-7-13-11-5-14-15-16(11)10(6-18-13)12(13)19-9(3)4/h5,8-10,12H,6-7H2,1-4H3/t10-,12?,13-/m1/s1/i6T/t6-,10+,12?,13+/m0. The van der Waals surface area contributed by atoms with Crippen LogP contribution in [-0.4, -0.2) is 46.5 Å². The van der Waals surface area contributed by atoms with Crippen LogP contribution in [0.3, 0.4) is 0 Å². The van der Waals surface area contributed by atoms with Crippen LogP contribution in [0.1, 0.15) is 40.8 Å². The van der Waals surface area contributed by atoms with Gasteiger partial charge in [0.25, 0.3) is 0 Å². The van der Waals surface area contributed by atoms with E-state index in [1.54, 1.807) is 10.9 Å². The highest BCUT2D eigenvalue weighted by Crippen LogP contribution is 2.50. The van der Waals surface area contributed by atoms with Crippen LogP contribution in [0.4, 0.5) is 0 Å². The van der Waals surface area contributed by atoms with E-state index in [-0.39, 0.29) is 24.4 Å². The van der Waals surface area contributed by atoms with Crippen molar-refractivity contribution in [2.75, 3.05) is 13.2 Å². The molecule has 0 spiro atoms. The van der Waals surface area contributed by atoms with Crippen molar-refractivity contribution in [2.24, 2.45) is 0 Å². The van der Waals surface area contributed by atoms with Gasteiger partial charge in [-0.05, 0) is 27.7 Å². The molecule has 1 fully saturated rings. The van der Waals surface area contributed by atoms with E-state index in [0.717, 1.165) is 5.69 Å². The van der Waals surface area contributed by atoms with Crippen molar-refractivity contribution in [3.8, 4) is 0 Å². The first-order valence-electron chi connectivity index (χ1n) is 7.31. The third kappa shape index (κ3) is 1.89. The Morgan fingerprint density at radius 1 is 1.53 bits per heavy atom. The molecule has 4 atom stereocenters. The lowest BCUT2D eigenvalue weighted by atomic mass is 9.96. The van der Waals surface area contributed by atoms with Gasteiger partial charge in [-0.2, -0.15) is 0 Å². The average Bonchev–Trinajstić information content (AvgIpc) is 2.96. The fourth-order valence-corrected chi connectivity index (χ4v) is 2.73. The Morgan fingerprint density at radius 2 is 2.32 bits per heavy atom. The van der Waals surface area contributed by atoms with E-state index < -0.39 is 12.2 Å². The number of fused-ring (bicyclic) bond motifs is 5. The molecule has 0 aliphatic carbocycles. The van der Waals surface area contributed by atoms with Gasteiger partial charge in [-0.15, -0.1) is 5.10 Å². The van der Waals surface area contributed by atoms with Crippen molar-refractivity contribution in [3.63, 3.8) is 0 Å². The number of nitrogens with zero attached hydrogens (tertiary/aromatic N) is 3. The Labute approximate surface area is 114 Å². The Kier molecular flexibility index (Phi) is 2.82. The number of ether oxygens (including phenoxy) is 3.